The molecule has 0 spiro atoms. The average Bonchev–Trinajstić information content (AvgIpc) is 2.71. The molecule has 3 aromatic rings. The molecular weight excluding hydrogens is 403 g/mol. The van der Waals surface area contributed by atoms with Gasteiger partial charge in [-0.3, -0.25) is 9.10 Å². The number of hydrogen-bond acceptors (Lipinski definition) is 3. The van der Waals surface area contributed by atoms with E-state index >= 15 is 0 Å². The predicted octanol–water partition coefficient (Wildman–Crippen LogP) is 4.67. The standard InChI is InChI=1S/C23H23FN2O3S/c1-17-8-11-20(12-9-17)30(28,29)26(19-6-4-3-5-7-19)15-14-23(27)25-22-13-10-18(2)16-21(22)24/h3-13,16H,14-15H2,1-2H3,(H,25,27). The van der Waals surface area contributed by atoms with Gasteiger partial charge in [0.1, 0.15) is 5.82 Å². The Balaban J connectivity index is 1.81. The second-order valence-corrected chi connectivity index (χ2v) is 8.87. The minimum absolute atomic E-state index is 0.0678. The summed E-state index contributed by atoms with van der Waals surface area (Å²) >= 11 is 0. The van der Waals surface area contributed by atoms with Crippen LogP contribution >= 0.6 is 0 Å². The number of nitrogens with one attached hydrogen (secondary N) is 1. The normalized spacial score (nSPS) is 11.2. The van der Waals surface area contributed by atoms with Gasteiger partial charge in [0, 0.05) is 13.0 Å². The highest BCUT2D eigenvalue weighted by Crippen LogP contribution is 2.24. The Morgan fingerprint density at radius 3 is 2.20 bits per heavy atom. The summed E-state index contributed by atoms with van der Waals surface area (Å²) in [5.74, 6) is -1.01. The lowest BCUT2D eigenvalue weighted by Gasteiger charge is -2.24. The number of nitrogens with zero attached hydrogens (tertiary/aromatic N) is 1. The van der Waals surface area contributed by atoms with Gasteiger partial charge in [0.25, 0.3) is 10.0 Å². The summed E-state index contributed by atoms with van der Waals surface area (Å²) in [5.41, 5.74) is 2.20. The molecule has 30 heavy (non-hydrogen) atoms. The molecule has 0 saturated heterocycles. The van der Waals surface area contributed by atoms with Crippen LogP contribution in [0.5, 0.6) is 0 Å². The quantitative estimate of drug-likeness (QED) is 0.597. The van der Waals surface area contributed by atoms with Crippen LogP contribution in [0.4, 0.5) is 15.8 Å². The lowest BCUT2D eigenvalue weighted by atomic mass is 10.2. The Bertz CT molecular complexity index is 1130. The van der Waals surface area contributed by atoms with E-state index in [4.69, 9.17) is 0 Å². The van der Waals surface area contributed by atoms with Crippen molar-refractivity contribution in [2.45, 2.75) is 25.2 Å². The third-order valence-corrected chi connectivity index (χ3v) is 6.44. The summed E-state index contributed by atoms with van der Waals surface area (Å²) in [6.07, 6.45) is -0.132. The van der Waals surface area contributed by atoms with Crippen molar-refractivity contribution in [3.63, 3.8) is 0 Å². The Labute approximate surface area is 176 Å². The number of amides is 1. The Hall–Kier alpha value is -3.19. The molecule has 1 amide bonds. The number of rotatable bonds is 7. The molecule has 7 heteroatoms. The Kier molecular flexibility index (Phi) is 6.52. The zero-order chi connectivity index (χ0) is 21.7. The monoisotopic (exact) mass is 426 g/mol. The van der Waals surface area contributed by atoms with Gasteiger partial charge in [0.15, 0.2) is 0 Å². The minimum atomic E-state index is -3.87. The van der Waals surface area contributed by atoms with Crippen LogP contribution in [0.2, 0.25) is 0 Å². The molecule has 1 N–H and O–H groups in total. The maximum Gasteiger partial charge on any atom is 0.264 e. The minimum Gasteiger partial charge on any atom is -0.324 e. The van der Waals surface area contributed by atoms with Gasteiger partial charge in [0.05, 0.1) is 16.3 Å². The fourth-order valence-electron chi connectivity index (χ4n) is 2.96. The van der Waals surface area contributed by atoms with Crippen molar-refractivity contribution in [2.75, 3.05) is 16.2 Å². The van der Waals surface area contributed by atoms with Gasteiger partial charge in [0.2, 0.25) is 5.91 Å². The predicted molar refractivity (Wildman–Crippen MR) is 117 cm³/mol. The van der Waals surface area contributed by atoms with Crippen molar-refractivity contribution in [1.29, 1.82) is 0 Å². The fraction of sp³-hybridized carbons (Fsp3) is 0.174. The summed E-state index contributed by atoms with van der Waals surface area (Å²) in [5, 5.41) is 2.51. The highest BCUT2D eigenvalue weighted by molar-refractivity contribution is 7.92. The number of para-hydroxylation sites is 1. The van der Waals surface area contributed by atoms with Gasteiger partial charge in [-0.1, -0.05) is 42.0 Å². The second kappa shape index (κ2) is 9.09. The zero-order valence-electron chi connectivity index (χ0n) is 16.8. The topological polar surface area (TPSA) is 66.5 Å². The van der Waals surface area contributed by atoms with E-state index in [0.29, 0.717) is 5.69 Å². The second-order valence-electron chi connectivity index (χ2n) is 7.01. The van der Waals surface area contributed by atoms with Crippen LogP contribution in [0.15, 0.2) is 77.7 Å². The molecule has 156 valence electrons. The highest BCUT2D eigenvalue weighted by atomic mass is 32.2. The van der Waals surface area contributed by atoms with E-state index in [2.05, 4.69) is 5.32 Å². The molecule has 3 aromatic carbocycles. The van der Waals surface area contributed by atoms with E-state index in [0.717, 1.165) is 11.1 Å². The molecule has 0 atom stereocenters. The van der Waals surface area contributed by atoms with Gasteiger partial charge >= 0.3 is 0 Å². The van der Waals surface area contributed by atoms with Crippen molar-refractivity contribution in [2.24, 2.45) is 0 Å². The number of anilines is 2. The summed E-state index contributed by atoms with van der Waals surface area (Å²) in [7, 11) is -3.87. The van der Waals surface area contributed by atoms with Crippen LogP contribution in [-0.4, -0.2) is 20.9 Å². The number of benzene rings is 3. The van der Waals surface area contributed by atoms with E-state index in [1.807, 2.05) is 6.92 Å². The molecule has 0 bridgehead atoms. The molecule has 0 aromatic heterocycles. The van der Waals surface area contributed by atoms with E-state index in [1.54, 1.807) is 67.6 Å². The van der Waals surface area contributed by atoms with Gasteiger partial charge in [-0.05, 0) is 55.8 Å². The van der Waals surface area contributed by atoms with Gasteiger partial charge in [-0.15, -0.1) is 0 Å². The molecule has 0 aliphatic rings. The first-order valence-corrected chi connectivity index (χ1v) is 10.9. The van der Waals surface area contributed by atoms with Crippen LogP contribution in [0, 0.1) is 19.7 Å². The smallest absolute Gasteiger partial charge is 0.264 e. The van der Waals surface area contributed by atoms with Crippen molar-refractivity contribution in [3.8, 4) is 0 Å². The van der Waals surface area contributed by atoms with E-state index in [-0.39, 0.29) is 23.5 Å². The zero-order valence-corrected chi connectivity index (χ0v) is 17.6. The van der Waals surface area contributed by atoms with E-state index in [1.165, 1.54) is 16.4 Å². The Morgan fingerprint density at radius 2 is 1.57 bits per heavy atom. The van der Waals surface area contributed by atoms with Gasteiger partial charge < -0.3 is 5.32 Å². The summed E-state index contributed by atoms with van der Waals surface area (Å²) in [6, 6.07) is 19.6. The molecule has 0 fully saturated rings. The van der Waals surface area contributed by atoms with Crippen LogP contribution in [0.25, 0.3) is 0 Å². The fourth-order valence-corrected chi connectivity index (χ4v) is 4.42. The molecule has 3 rings (SSSR count). The lowest BCUT2D eigenvalue weighted by molar-refractivity contribution is -0.116. The van der Waals surface area contributed by atoms with Gasteiger partial charge in [-0.2, -0.15) is 0 Å². The molecule has 0 aliphatic heterocycles. The lowest BCUT2D eigenvalue weighted by Crippen LogP contribution is -2.34. The van der Waals surface area contributed by atoms with Crippen LogP contribution in [-0.2, 0) is 14.8 Å². The highest BCUT2D eigenvalue weighted by Gasteiger charge is 2.25. The van der Waals surface area contributed by atoms with Crippen LogP contribution in [0.3, 0.4) is 0 Å². The van der Waals surface area contributed by atoms with Gasteiger partial charge in [-0.25, -0.2) is 12.8 Å². The van der Waals surface area contributed by atoms with Crippen molar-refractivity contribution < 1.29 is 17.6 Å². The third-order valence-electron chi connectivity index (χ3n) is 4.59. The molecule has 0 radical (unpaired) electrons. The molecule has 0 unspecified atom stereocenters. The third kappa shape index (κ3) is 5.04. The molecule has 5 nitrogen and oxygen atoms in total. The maximum absolute atomic E-state index is 14.0. The van der Waals surface area contributed by atoms with Crippen molar-refractivity contribution in [3.05, 3.63) is 89.7 Å². The summed E-state index contributed by atoms with van der Waals surface area (Å²) in [4.78, 5) is 12.5. The number of aryl methyl sites for hydroxylation is 2. The molecule has 0 saturated carbocycles. The molecular formula is C23H23FN2O3S. The van der Waals surface area contributed by atoms with Crippen molar-refractivity contribution >= 4 is 27.3 Å². The number of hydrogen-bond donors (Lipinski definition) is 1. The number of halogens is 1. The largest absolute Gasteiger partial charge is 0.324 e. The number of carbonyl (C=O) groups excluding carboxylic acids is 1. The van der Waals surface area contributed by atoms with E-state index < -0.39 is 21.7 Å². The average molecular weight is 427 g/mol. The van der Waals surface area contributed by atoms with Crippen LogP contribution < -0.4 is 9.62 Å². The summed E-state index contributed by atoms with van der Waals surface area (Å²) < 4.78 is 41.7. The number of sulfonamides is 1. The van der Waals surface area contributed by atoms with Crippen molar-refractivity contribution in [1.82, 2.24) is 0 Å². The first-order valence-electron chi connectivity index (χ1n) is 9.48. The molecule has 0 aliphatic carbocycles. The Morgan fingerprint density at radius 1 is 0.933 bits per heavy atom. The maximum atomic E-state index is 14.0. The first-order chi connectivity index (χ1) is 14.3. The SMILES string of the molecule is Cc1ccc(S(=O)(=O)N(CCC(=O)Nc2ccc(C)cc2F)c2ccccc2)cc1. The van der Waals surface area contributed by atoms with E-state index in [9.17, 15) is 17.6 Å². The first kappa shape index (κ1) is 21.5. The number of carbonyl (C=O) groups is 1. The van der Waals surface area contributed by atoms with Crippen LogP contribution in [0.1, 0.15) is 17.5 Å². The summed E-state index contributed by atoms with van der Waals surface area (Å²) in [6.45, 7) is 3.54. The molecule has 0 heterocycles.